The number of hydrogen-bond donors (Lipinski definition) is 0. The van der Waals surface area contributed by atoms with E-state index in [1.54, 1.807) is 0 Å². The third-order valence-electron chi connectivity index (χ3n) is 20.4. The minimum atomic E-state index is -1.09. The number of esters is 2. The molecule has 0 N–H and O–H groups in total. The second-order valence-electron chi connectivity index (χ2n) is 30.4. The van der Waals surface area contributed by atoms with Crippen molar-refractivity contribution >= 4 is 49.9 Å². The van der Waals surface area contributed by atoms with E-state index in [0.717, 1.165) is 87.6 Å². The molecule has 0 bridgehead atoms. The number of carbonyl (C=O) groups is 2. The van der Waals surface area contributed by atoms with Crippen molar-refractivity contribution in [2.75, 3.05) is 37.9 Å². The van der Waals surface area contributed by atoms with Crippen molar-refractivity contribution in [1.82, 2.24) is 0 Å². The molecule has 0 aromatic heterocycles. The molecule has 0 aliphatic heterocycles. The smallest absolute Gasteiger partial charge is 0.305 e. The zero-order chi connectivity index (χ0) is 72.5. The molecule has 2 rings (SSSR count). The first-order valence-electron chi connectivity index (χ1n) is 43.7. The minimum Gasteiger partial charge on any atom is -0.466 e. The second kappa shape index (κ2) is 73.9. The summed E-state index contributed by atoms with van der Waals surface area (Å²) in [6, 6.07) is 17.6. The van der Waals surface area contributed by atoms with E-state index >= 15 is 0 Å². The fourth-order valence-electron chi connectivity index (χ4n) is 13.4. The molecule has 0 heterocycles. The van der Waals surface area contributed by atoms with E-state index in [1.807, 2.05) is 22.8 Å². The summed E-state index contributed by atoms with van der Waals surface area (Å²) < 4.78 is 37.6. The van der Waals surface area contributed by atoms with Gasteiger partial charge in [-0.25, -0.2) is 0 Å². The summed E-state index contributed by atoms with van der Waals surface area (Å²) in [6.45, 7) is 16.5. The van der Waals surface area contributed by atoms with E-state index in [-0.39, 0.29) is 17.4 Å². The Morgan fingerprint density at radius 2 is 0.485 bits per heavy atom. The average molecular weight is 1490 g/mol. The molecule has 0 radical (unpaired) electrons. The van der Waals surface area contributed by atoms with Gasteiger partial charge in [-0.15, -0.1) is 0 Å². The van der Waals surface area contributed by atoms with Gasteiger partial charge in [0, 0.05) is 29.8 Å². The zero-order valence-corrected chi connectivity index (χ0v) is 70.6. The van der Waals surface area contributed by atoms with Crippen LogP contribution in [0, 0.1) is 0 Å². The minimum absolute atomic E-state index is 0.00158. The van der Waals surface area contributed by atoms with Gasteiger partial charge in [0.05, 0.1) is 26.4 Å². The standard InChI is InChI=1S/C89H162O8P2S2/c1-7-11-15-19-23-27-37-45-53-61-77-92-87(90)67-59-51-43-35-31-33-41-49-57-65-81-100-98(94-79-63-55-47-39-29-25-21-17-13-9-3)96-85-73-69-83(70-74-85)89(5,6)84-71-75-86(76-72-84)97-99(95-80-64-56-48-40-30-26-22-18-14-10-4)101-82-66-58-50-42-34-32-36-44-52-60-68-88(91)93-78-62-54-46-38-28-24-20-16-12-8-2/h69-76H,7-68,77-82H2,1-6H3. The maximum absolute atomic E-state index is 12.2. The zero-order valence-electron chi connectivity index (χ0n) is 67.2. The maximum Gasteiger partial charge on any atom is 0.305 e. The van der Waals surface area contributed by atoms with Gasteiger partial charge in [0.25, 0.3) is 15.2 Å². The Bertz CT molecular complexity index is 1900. The first-order chi connectivity index (χ1) is 49.7. The number of benzene rings is 2. The average Bonchev–Trinajstić information content (AvgIpc) is 0.810. The van der Waals surface area contributed by atoms with Crippen molar-refractivity contribution in [2.45, 2.75) is 445 Å². The summed E-state index contributed by atoms with van der Waals surface area (Å²) in [4.78, 5) is 24.5. The van der Waals surface area contributed by atoms with Crippen molar-refractivity contribution in [1.29, 1.82) is 0 Å². The second-order valence-corrected chi connectivity index (χ2v) is 36.8. The van der Waals surface area contributed by atoms with Crippen LogP contribution in [-0.2, 0) is 33.5 Å². The number of rotatable bonds is 80. The van der Waals surface area contributed by atoms with Crippen molar-refractivity contribution < 1.29 is 37.2 Å². The van der Waals surface area contributed by atoms with Gasteiger partial charge in [0.15, 0.2) is 0 Å². The highest BCUT2D eigenvalue weighted by atomic mass is 32.7. The number of hydrogen-bond acceptors (Lipinski definition) is 10. The molecule has 0 fully saturated rings. The Morgan fingerprint density at radius 1 is 0.277 bits per heavy atom. The van der Waals surface area contributed by atoms with Crippen LogP contribution in [-0.4, -0.2) is 49.9 Å². The lowest BCUT2D eigenvalue weighted by Gasteiger charge is -2.27. The number of ether oxygens (including phenoxy) is 2. The molecule has 588 valence electrons. The van der Waals surface area contributed by atoms with E-state index in [1.165, 1.54) is 345 Å². The van der Waals surface area contributed by atoms with Crippen LogP contribution in [0.5, 0.6) is 11.5 Å². The fraction of sp³-hybridized carbons (Fsp3) is 0.843. The summed E-state index contributed by atoms with van der Waals surface area (Å²) in [6.07, 6.45) is 78.0. The highest BCUT2D eigenvalue weighted by molar-refractivity contribution is 8.53. The van der Waals surface area contributed by atoms with Gasteiger partial charge in [-0.2, -0.15) is 0 Å². The molecule has 2 atom stereocenters. The number of unbranched alkanes of at least 4 members (excludes halogenated alkanes) is 54. The van der Waals surface area contributed by atoms with E-state index in [4.69, 9.17) is 27.6 Å². The highest BCUT2D eigenvalue weighted by Crippen LogP contribution is 2.54. The molecule has 8 nitrogen and oxygen atoms in total. The lowest BCUT2D eigenvalue weighted by atomic mass is 9.78. The Kier molecular flexibility index (Phi) is 69.9. The molecule has 2 aromatic rings. The highest BCUT2D eigenvalue weighted by Gasteiger charge is 2.25. The van der Waals surface area contributed by atoms with Gasteiger partial charge in [0.2, 0.25) is 0 Å². The predicted molar refractivity (Wildman–Crippen MR) is 448 cm³/mol. The fourth-order valence-corrected chi connectivity index (χ4v) is 19.3. The molecule has 12 heteroatoms. The van der Waals surface area contributed by atoms with Crippen LogP contribution >= 0.6 is 37.9 Å². The Morgan fingerprint density at radius 3 is 0.733 bits per heavy atom. The summed E-state index contributed by atoms with van der Waals surface area (Å²) in [7, 11) is -2.19. The molecule has 0 aliphatic carbocycles. The van der Waals surface area contributed by atoms with Crippen molar-refractivity contribution in [3.8, 4) is 11.5 Å². The third-order valence-corrected chi connectivity index (χ3v) is 26.7. The topological polar surface area (TPSA) is 89.5 Å². The molecule has 0 saturated heterocycles. The Labute approximate surface area is 637 Å². The summed E-state index contributed by atoms with van der Waals surface area (Å²) in [5.41, 5.74) is 2.30. The van der Waals surface area contributed by atoms with Crippen LogP contribution in [0.3, 0.4) is 0 Å². The first-order valence-corrected chi connectivity index (χ1v) is 49.3. The largest absolute Gasteiger partial charge is 0.466 e. The lowest BCUT2D eigenvalue weighted by molar-refractivity contribution is -0.144. The van der Waals surface area contributed by atoms with Gasteiger partial charge in [-0.3, -0.25) is 9.59 Å². The molecule has 0 spiro atoms. The van der Waals surface area contributed by atoms with E-state index in [2.05, 4.69) is 90.1 Å². The summed E-state index contributed by atoms with van der Waals surface area (Å²) >= 11 is 3.77. The maximum atomic E-state index is 12.2. The van der Waals surface area contributed by atoms with Gasteiger partial charge in [-0.1, -0.05) is 422 Å². The Hall–Kier alpha value is -1.54. The molecule has 0 saturated carbocycles. The summed E-state index contributed by atoms with van der Waals surface area (Å²) in [5.74, 6) is 3.91. The molecule has 0 aliphatic rings. The normalized spacial score (nSPS) is 12.3. The molecular formula is C89H162O8P2S2. The van der Waals surface area contributed by atoms with Crippen LogP contribution in [0.1, 0.15) is 451 Å². The van der Waals surface area contributed by atoms with Gasteiger partial charge in [0.1, 0.15) is 11.5 Å². The Balaban J connectivity index is 1.79. The first kappa shape index (κ1) is 95.5. The third kappa shape index (κ3) is 61.1. The van der Waals surface area contributed by atoms with Crippen molar-refractivity contribution in [3.63, 3.8) is 0 Å². The quantitative estimate of drug-likeness (QED) is 0.0362. The number of carbonyl (C=O) groups excluding carboxylic acids is 2. The van der Waals surface area contributed by atoms with Crippen LogP contribution in [0.4, 0.5) is 0 Å². The van der Waals surface area contributed by atoms with E-state index in [0.29, 0.717) is 26.1 Å². The van der Waals surface area contributed by atoms with Gasteiger partial charge < -0.3 is 27.6 Å². The van der Waals surface area contributed by atoms with E-state index in [9.17, 15) is 9.59 Å². The predicted octanol–water partition coefficient (Wildman–Crippen LogP) is 32.1. The van der Waals surface area contributed by atoms with E-state index < -0.39 is 15.2 Å². The van der Waals surface area contributed by atoms with Crippen LogP contribution < -0.4 is 9.05 Å². The van der Waals surface area contributed by atoms with Crippen LogP contribution in [0.2, 0.25) is 0 Å². The molecule has 101 heavy (non-hydrogen) atoms. The van der Waals surface area contributed by atoms with Crippen molar-refractivity contribution in [3.05, 3.63) is 59.7 Å². The summed E-state index contributed by atoms with van der Waals surface area (Å²) in [5, 5.41) is 0. The monoisotopic (exact) mass is 1490 g/mol. The van der Waals surface area contributed by atoms with Gasteiger partial charge >= 0.3 is 11.9 Å². The van der Waals surface area contributed by atoms with Crippen LogP contribution in [0.25, 0.3) is 0 Å². The molecule has 0 amide bonds. The molecule has 2 aromatic carbocycles. The molecular weight excluding hydrogens is 1320 g/mol. The lowest BCUT2D eigenvalue weighted by Crippen LogP contribution is -2.18. The SMILES string of the molecule is CCCCCCCCCCCCOC(=O)CCCCCCCCCCCCSP(OCCCCCCCCCCCC)Oc1ccc(C(C)(C)c2ccc(OP(OCCCCCCCCCCCC)SCCCCCCCCCCCCC(=O)OCCCCCCCCCCCC)cc2)cc1. The van der Waals surface area contributed by atoms with Crippen LogP contribution in [0.15, 0.2) is 48.5 Å². The molecule has 2 unspecified atom stereocenters. The van der Waals surface area contributed by atoms with Crippen molar-refractivity contribution in [2.24, 2.45) is 0 Å². The van der Waals surface area contributed by atoms with Gasteiger partial charge in [-0.05, 0) is 86.8 Å².